The zero-order valence-corrected chi connectivity index (χ0v) is 18.0. The van der Waals surface area contributed by atoms with Crippen LogP contribution in [0.4, 0.5) is 5.69 Å². The van der Waals surface area contributed by atoms with E-state index >= 15 is 0 Å². The fraction of sp³-hybridized carbons (Fsp3) is 0.0400. The zero-order chi connectivity index (χ0) is 21.6. The van der Waals surface area contributed by atoms with Gasteiger partial charge < -0.3 is 5.32 Å². The molecular weight excluding hydrogens is 429 g/mol. The zero-order valence-electron chi connectivity index (χ0n) is 16.5. The third-order valence-electron chi connectivity index (χ3n) is 4.71. The Morgan fingerprint density at radius 3 is 2.23 bits per heavy atom. The van der Waals surface area contributed by atoms with Gasteiger partial charge in [0.15, 0.2) is 0 Å². The topological polar surface area (TPSA) is 46.9 Å². The molecule has 6 heteroatoms. The van der Waals surface area contributed by atoms with Crippen LogP contribution in [-0.4, -0.2) is 15.7 Å². The molecule has 4 nitrogen and oxygen atoms in total. The summed E-state index contributed by atoms with van der Waals surface area (Å²) in [6, 6.07) is 24.7. The Labute approximate surface area is 190 Å². The first-order valence-corrected chi connectivity index (χ1v) is 10.4. The van der Waals surface area contributed by atoms with Crippen molar-refractivity contribution in [1.82, 2.24) is 9.78 Å². The quantitative estimate of drug-likeness (QED) is 0.273. The molecule has 0 saturated heterocycles. The summed E-state index contributed by atoms with van der Waals surface area (Å²) >= 11 is 12.5. The highest BCUT2D eigenvalue weighted by Crippen LogP contribution is 2.25. The SMILES string of the molecule is O=C(Nc1cnn(Cc2c(Cl)cccc2Cl)c1)/C(=C/c1ccccc1)c1ccccc1. The second-order valence-corrected chi connectivity index (χ2v) is 7.73. The Hall–Kier alpha value is -3.34. The molecule has 0 aliphatic carbocycles. The largest absolute Gasteiger partial charge is 0.319 e. The van der Waals surface area contributed by atoms with Crippen LogP contribution < -0.4 is 5.32 Å². The molecule has 1 amide bonds. The highest BCUT2D eigenvalue weighted by atomic mass is 35.5. The van der Waals surface area contributed by atoms with Crippen LogP contribution in [0.3, 0.4) is 0 Å². The van der Waals surface area contributed by atoms with Crippen LogP contribution >= 0.6 is 23.2 Å². The molecule has 31 heavy (non-hydrogen) atoms. The fourth-order valence-corrected chi connectivity index (χ4v) is 3.69. The lowest BCUT2D eigenvalue weighted by atomic mass is 10.0. The minimum Gasteiger partial charge on any atom is -0.319 e. The predicted octanol–water partition coefficient (Wildman–Crippen LogP) is 6.42. The number of aromatic nitrogens is 2. The van der Waals surface area contributed by atoms with Crippen LogP contribution in [0.5, 0.6) is 0 Å². The van der Waals surface area contributed by atoms with Crippen LogP contribution in [0, 0.1) is 0 Å². The van der Waals surface area contributed by atoms with Gasteiger partial charge in [0.05, 0.1) is 18.4 Å². The highest BCUT2D eigenvalue weighted by molar-refractivity contribution is 6.36. The highest BCUT2D eigenvalue weighted by Gasteiger charge is 2.14. The van der Waals surface area contributed by atoms with Gasteiger partial charge in [-0.2, -0.15) is 5.10 Å². The fourth-order valence-electron chi connectivity index (χ4n) is 3.17. The minimum absolute atomic E-state index is 0.217. The number of amides is 1. The summed E-state index contributed by atoms with van der Waals surface area (Å²) in [4.78, 5) is 13.1. The maximum atomic E-state index is 13.1. The average molecular weight is 448 g/mol. The third-order valence-corrected chi connectivity index (χ3v) is 5.42. The van der Waals surface area contributed by atoms with E-state index in [-0.39, 0.29) is 5.91 Å². The van der Waals surface area contributed by atoms with Crippen LogP contribution in [0.15, 0.2) is 91.3 Å². The van der Waals surface area contributed by atoms with Crippen molar-refractivity contribution in [1.29, 1.82) is 0 Å². The molecule has 1 aromatic heterocycles. The molecule has 4 aromatic rings. The number of halogens is 2. The third kappa shape index (κ3) is 5.23. The minimum atomic E-state index is -0.217. The summed E-state index contributed by atoms with van der Waals surface area (Å²) in [5.41, 5.74) is 3.71. The maximum absolute atomic E-state index is 13.1. The van der Waals surface area contributed by atoms with E-state index in [0.717, 1.165) is 16.7 Å². The van der Waals surface area contributed by atoms with Crippen molar-refractivity contribution in [3.05, 3.63) is 118 Å². The summed E-state index contributed by atoms with van der Waals surface area (Å²) in [7, 11) is 0. The average Bonchev–Trinajstić information content (AvgIpc) is 3.23. The van der Waals surface area contributed by atoms with Crippen LogP contribution in [0.1, 0.15) is 16.7 Å². The molecule has 1 heterocycles. The van der Waals surface area contributed by atoms with Gasteiger partial charge in [0, 0.05) is 27.4 Å². The molecule has 0 fully saturated rings. The van der Waals surface area contributed by atoms with Gasteiger partial charge in [0.1, 0.15) is 0 Å². The van der Waals surface area contributed by atoms with Crippen molar-refractivity contribution in [3.8, 4) is 0 Å². The van der Waals surface area contributed by atoms with Gasteiger partial charge in [-0.1, -0.05) is 89.9 Å². The van der Waals surface area contributed by atoms with E-state index in [1.807, 2.05) is 66.7 Å². The summed E-state index contributed by atoms with van der Waals surface area (Å²) in [5.74, 6) is -0.217. The lowest BCUT2D eigenvalue weighted by Gasteiger charge is -2.09. The normalized spacial score (nSPS) is 11.4. The van der Waals surface area contributed by atoms with Gasteiger partial charge in [-0.15, -0.1) is 0 Å². The Balaban J connectivity index is 1.56. The first-order valence-electron chi connectivity index (χ1n) is 9.69. The monoisotopic (exact) mass is 447 g/mol. The van der Waals surface area contributed by atoms with Crippen molar-refractivity contribution in [2.24, 2.45) is 0 Å². The molecule has 0 aliphatic rings. The van der Waals surface area contributed by atoms with Gasteiger partial charge in [0.25, 0.3) is 5.91 Å². The van der Waals surface area contributed by atoms with Gasteiger partial charge in [-0.25, -0.2) is 0 Å². The Kier molecular flexibility index (Phi) is 6.51. The van der Waals surface area contributed by atoms with Crippen molar-refractivity contribution in [3.63, 3.8) is 0 Å². The molecule has 0 atom stereocenters. The van der Waals surface area contributed by atoms with E-state index in [2.05, 4.69) is 10.4 Å². The number of hydrogen-bond acceptors (Lipinski definition) is 2. The number of nitrogens with zero attached hydrogens (tertiary/aromatic N) is 2. The van der Waals surface area contributed by atoms with Crippen molar-refractivity contribution in [2.75, 3.05) is 5.32 Å². The van der Waals surface area contributed by atoms with Gasteiger partial charge >= 0.3 is 0 Å². The Morgan fingerprint density at radius 1 is 0.903 bits per heavy atom. The molecular formula is C25H19Cl2N3O. The summed E-state index contributed by atoms with van der Waals surface area (Å²) in [6.07, 6.45) is 5.23. The van der Waals surface area contributed by atoms with Crippen LogP contribution in [-0.2, 0) is 11.3 Å². The van der Waals surface area contributed by atoms with Gasteiger partial charge in [-0.05, 0) is 29.3 Å². The smallest absolute Gasteiger partial charge is 0.256 e. The number of nitrogens with one attached hydrogen (secondary N) is 1. The van der Waals surface area contributed by atoms with Crippen molar-refractivity contribution >= 4 is 46.4 Å². The van der Waals surface area contributed by atoms with E-state index < -0.39 is 0 Å². The molecule has 0 aliphatic heterocycles. The lowest BCUT2D eigenvalue weighted by molar-refractivity contribution is -0.111. The molecule has 3 aromatic carbocycles. The number of benzene rings is 3. The number of carbonyl (C=O) groups is 1. The van der Waals surface area contributed by atoms with E-state index in [0.29, 0.717) is 27.9 Å². The standard InChI is InChI=1S/C25H19Cl2N3O/c26-23-12-7-13-24(27)22(23)17-30-16-20(15-28-30)29-25(31)21(19-10-5-2-6-11-19)14-18-8-3-1-4-9-18/h1-16H,17H2,(H,29,31)/b21-14+. The molecule has 0 spiro atoms. The predicted molar refractivity (Wildman–Crippen MR) is 127 cm³/mol. The van der Waals surface area contributed by atoms with E-state index in [1.54, 1.807) is 35.3 Å². The van der Waals surface area contributed by atoms with Crippen molar-refractivity contribution < 1.29 is 4.79 Å². The molecule has 0 radical (unpaired) electrons. The maximum Gasteiger partial charge on any atom is 0.256 e. The van der Waals surface area contributed by atoms with Crippen LogP contribution in [0.2, 0.25) is 10.0 Å². The number of hydrogen-bond donors (Lipinski definition) is 1. The second kappa shape index (κ2) is 9.65. The second-order valence-electron chi connectivity index (χ2n) is 6.92. The molecule has 0 bridgehead atoms. The molecule has 154 valence electrons. The van der Waals surface area contributed by atoms with Gasteiger partial charge in [-0.3, -0.25) is 9.48 Å². The molecule has 0 saturated carbocycles. The summed E-state index contributed by atoms with van der Waals surface area (Å²) in [6.45, 7) is 0.403. The first kappa shape index (κ1) is 20.9. The van der Waals surface area contributed by atoms with E-state index in [9.17, 15) is 4.79 Å². The summed E-state index contributed by atoms with van der Waals surface area (Å²) < 4.78 is 1.69. The number of anilines is 1. The van der Waals surface area contributed by atoms with Crippen LogP contribution in [0.25, 0.3) is 11.6 Å². The number of rotatable bonds is 6. The summed E-state index contributed by atoms with van der Waals surface area (Å²) in [5, 5.41) is 8.42. The molecule has 1 N–H and O–H groups in total. The van der Waals surface area contributed by atoms with E-state index in [1.165, 1.54) is 0 Å². The number of carbonyl (C=O) groups excluding carboxylic acids is 1. The molecule has 4 rings (SSSR count). The first-order chi connectivity index (χ1) is 15.1. The Morgan fingerprint density at radius 2 is 1.55 bits per heavy atom. The Bertz CT molecular complexity index is 1200. The van der Waals surface area contributed by atoms with Gasteiger partial charge in [0.2, 0.25) is 0 Å². The molecule has 0 unspecified atom stereocenters. The van der Waals surface area contributed by atoms with Crippen molar-refractivity contribution in [2.45, 2.75) is 6.54 Å². The van der Waals surface area contributed by atoms with E-state index in [4.69, 9.17) is 23.2 Å². The lowest BCUT2D eigenvalue weighted by Crippen LogP contribution is -2.13.